The summed E-state index contributed by atoms with van der Waals surface area (Å²) in [6.45, 7) is 4.14. The first-order chi connectivity index (χ1) is 13.1. The number of hydrogen-bond donors (Lipinski definition) is 1. The molecule has 1 aromatic carbocycles. The maximum absolute atomic E-state index is 12.9. The number of amides is 1. The molecule has 0 aromatic heterocycles. The van der Waals surface area contributed by atoms with Crippen LogP contribution in [-0.2, 0) is 16.1 Å². The first-order valence-electron chi connectivity index (χ1n) is 10.4. The number of carbonyl (C=O) groups is 1. The molecule has 5 nitrogen and oxygen atoms in total. The van der Waals surface area contributed by atoms with Gasteiger partial charge in [0.1, 0.15) is 0 Å². The third-order valence-electron chi connectivity index (χ3n) is 6.36. The minimum atomic E-state index is 0.0160. The third kappa shape index (κ3) is 5.53. The molecular formula is C22H35N3O2. The molecule has 3 atom stereocenters. The summed E-state index contributed by atoms with van der Waals surface area (Å²) >= 11 is 0. The Morgan fingerprint density at radius 1 is 1.19 bits per heavy atom. The van der Waals surface area contributed by atoms with Crippen molar-refractivity contribution in [1.82, 2.24) is 9.80 Å². The topological polar surface area (TPSA) is 58.8 Å². The second-order valence-corrected chi connectivity index (χ2v) is 8.37. The summed E-state index contributed by atoms with van der Waals surface area (Å²) in [6, 6.07) is 10.7. The average Bonchev–Trinajstić information content (AvgIpc) is 2.70. The van der Waals surface area contributed by atoms with Gasteiger partial charge in [-0.3, -0.25) is 9.69 Å². The Morgan fingerprint density at radius 2 is 1.89 bits per heavy atom. The van der Waals surface area contributed by atoms with Gasteiger partial charge in [0, 0.05) is 39.2 Å². The van der Waals surface area contributed by atoms with Crippen molar-refractivity contribution in [3.05, 3.63) is 35.9 Å². The lowest BCUT2D eigenvalue weighted by atomic mass is 9.83. The second-order valence-electron chi connectivity index (χ2n) is 8.37. The molecule has 5 heteroatoms. The Kier molecular flexibility index (Phi) is 7.27. The van der Waals surface area contributed by atoms with E-state index in [1.807, 2.05) is 11.9 Å². The summed E-state index contributed by atoms with van der Waals surface area (Å²) in [7, 11) is 3.67. The van der Waals surface area contributed by atoms with Crippen molar-refractivity contribution in [2.75, 3.05) is 33.8 Å². The van der Waals surface area contributed by atoms with Crippen LogP contribution < -0.4 is 5.73 Å². The molecule has 1 heterocycles. The lowest BCUT2D eigenvalue weighted by molar-refractivity contribution is -0.137. The zero-order chi connectivity index (χ0) is 19.2. The predicted molar refractivity (Wildman–Crippen MR) is 108 cm³/mol. The van der Waals surface area contributed by atoms with E-state index in [4.69, 9.17) is 10.5 Å². The van der Waals surface area contributed by atoms with Crippen LogP contribution in [0, 0.1) is 11.8 Å². The van der Waals surface area contributed by atoms with E-state index in [2.05, 4.69) is 35.2 Å². The fraction of sp³-hybridized carbons (Fsp3) is 0.682. The molecule has 1 saturated carbocycles. The highest BCUT2D eigenvalue weighted by molar-refractivity contribution is 5.78. The summed E-state index contributed by atoms with van der Waals surface area (Å²) < 4.78 is 5.47. The Balaban J connectivity index is 1.42. The monoisotopic (exact) mass is 373 g/mol. The van der Waals surface area contributed by atoms with Crippen LogP contribution in [0.5, 0.6) is 0 Å². The number of benzene rings is 1. The van der Waals surface area contributed by atoms with Crippen LogP contribution in [0.3, 0.4) is 0 Å². The molecule has 0 bridgehead atoms. The Labute approximate surface area is 163 Å². The van der Waals surface area contributed by atoms with Gasteiger partial charge in [0.15, 0.2) is 0 Å². The number of nitrogens with two attached hydrogens (primary N) is 1. The molecule has 2 fully saturated rings. The molecule has 0 unspecified atom stereocenters. The van der Waals surface area contributed by atoms with Crippen LogP contribution in [-0.4, -0.2) is 61.6 Å². The largest absolute Gasteiger partial charge is 0.380 e. The predicted octanol–water partition coefficient (Wildman–Crippen LogP) is 2.50. The highest BCUT2D eigenvalue weighted by atomic mass is 16.5. The standard InChI is InChI=1S/C22H35N3O2/c1-24(22(26)19-8-9-20(23)21(14-19)27-2)15-18-10-12-25(13-11-18)16-17-6-4-3-5-7-17/h3-7,18-21H,8-16,23H2,1-2H3/t19-,20+,21+/m0/s1. The van der Waals surface area contributed by atoms with Gasteiger partial charge >= 0.3 is 0 Å². The quantitative estimate of drug-likeness (QED) is 0.832. The van der Waals surface area contributed by atoms with E-state index in [0.717, 1.165) is 45.4 Å². The van der Waals surface area contributed by atoms with Gasteiger partial charge in [-0.25, -0.2) is 0 Å². The minimum absolute atomic E-state index is 0.0160. The lowest BCUT2D eigenvalue weighted by Gasteiger charge is -2.37. The highest BCUT2D eigenvalue weighted by Crippen LogP contribution is 2.28. The van der Waals surface area contributed by atoms with Gasteiger partial charge in [0.05, 0.1) is 6.10 Å². The number of nitrogens with zero attached hydrogens (tertiary/aromatic N) is 2. The van der Waals surface area contributed by atoms with Crippen LogP contribution in [0.4, 0.5) is 0 Å². The van der Waals surface area contributed by atoms with E-state index in [1.165, 1.54) is 18.4 Å². The maximum Gasteiger partial charge on any atom is 0.225 e. The van der Waals surface area contributed by atoms with Crippen molar-refractivity contribution in [3.8, 4) is 0 Å². The molecule has 0 spiro atoms. The zero-order valence-electron chi connectivity index (χ0n) is 16.8. The van der Waals surface area contributed by atoms with E-state index in [1.54, 1.807) is 7.11 Å². The molecule has 1 aromatic rings. The fourth-order valence-corrected chi connectivity index (χ4v) is 4.61. The summed E-state index contributed by atoms with van der Waals surface area (Å²) in [4.78, 5) is 17.4. The number of carbonyl (C=O) groups excluding carboxylic acids is 1. The minimum Gasteiger partial charge on any atom is -0.380 e. The Hall–Kier alpha value is -1.43. The lowest BCUT2D eigenvalue weighted by Crippen LogP contribution is -2.47. The number of rotatable bonds is 6. The summed E-state index contributed by atoms with van der Waals surface area (Å²) in [5.74, 6) is 0.948. The average molecular weight is 374 g/mol. The fourth-order valence-electron chi connectivity index (χ4n) is 4.61. The van der Waals surface area contributed by atoms with Crippen molar-refractivity contribution in [2.24, 2.45) is 17.6 Å². The van der Waals surface area contributed by atoms with Crippen LogP contribution >= 0.6 is 0 Å². The van der Waals surface area contributed by atoms with Crippen molar-refractivity contribution >= 4 is 5.91 Å². The Bertz CT molecular complexity index is 586. The van der Waals surface area contributed by atoms with Gasteiger partial charge in [-0.1, -0.05) is 30.3 Å². The summed E-state index contributed by atoms with van der Waals surface area (Å²) in [5.41, 5.74) is 7.47. The summed E-state index contributed by atoms with van der Waals surface area (Å²) in [5, 5.41) is 0. The smallest absolute Gasteiger partial charge is 0.225 e. The molecule has 2 N–H and O–H groups in total. The van der Waals surface area contributed by atoms with Crippen LogP contribution in [0.25, 0.3) is 0 Å². The van der Waals surface area contributed by atoms with E-state index in [0.29, 0.717) is 5.92 Å². The van der Waals surface area contributed by atoms with Crippen molar-refractivity contribution < 1.29 is 9.53 Å². The number of methoxy groups -OCH3 is 1. The molecule has 1 amide bonds. The molecule has 27 heavy (non-hydrogen) atoms. The number of likely N-dealkylation sites (tertiary alicyclic amines) is 1. The second kappa shape index (κ2) is 9.67. The molecule has 1 aliphatic heterocycles. The molecule has 150 valence electrons. The molecule has 2 aliphatic rings. The van der Waals surface area contributed by atoms with Crippen molar-refractivity contribution in [2.45, 2.75) is 50.8 Å². The summed E-state index contributed by atoms with van der Waals surface area (Å²) in [6.07, 6.45) is 4.88. The van der Waals surface area contributed by atoms with Gasteiger partial charge in [-0.2, -0.15) is 0 Å². The third-order valence-corrected chi connectivity index (χ3v) is 6.36. The molecule has 0 radical (unpaired) electrons. The van der Waals surface area contributed by atoms with Crippen LogP contribution in [0.1, 0.15) is 37.7 Å². The molecular weight excluding hydrogens is 338 g/mol. The Morgan fingerprint density at radius 3 is 2.56 bits per heavy atom. The van der Waals surface area contributed by atoms with Crippen molar-refractivity contribution in [3.63, 3.8) is 0 Å². The maximum atomic E-state index is 12.9. The van der Waals surface area contributed by atoms with E-state index in [-0.39, 0.29) is 24.0 Å². The van der Waals surface area contributed by atoms with E-state index >= 15 is 0 Å². The van der Waals surface area contributed by atoms with E-state index in [9.17, 15) is 4.79 Å². The highest BCUT2D eigenvalue weighted by Gasteiger charge is 2.34. The molecule has 1 aliphatic carbocycles. The van der Waals surface area contributed by atoms with Crippen LogP contribution in [0.2, 0.25) is 0 Å². The van der Waals surface area contributed by atoms with Gasteiger partial charge < -0.3 is 15.4 Å². The van der Waals surface area contributed by atoms with Crippen LogP contribution in [0.15, 0.2) is 30.3 Å². The first-order valence-corrected chi connectivity index (χ1v) is 10.4. The number of hydrogen-bond acceptors (Lipinski definition) is 4. The first kappa shape index (κ1) is 20.3. The van der Waals surface area contributed by atoms with Crippen molar-refractivity contribution in [1.29, 1.82) is 0 Å². The number of ether oxygens (including phenoxy) is 1. The van der Waals surface area contributed by atoms with Gasteiger partial charge in [-0.15, -0.1) is 0 Å². The molecule has 3 rings (SSSR count). The van der Waals surface area contributed by atoms with E-state index < -0.39 is 0 Å². The zero-order valence-corrected chi connectivity index (χ0v) is 16.8. The van der Waals surface area contributed by atoms with Gasteiger partial charge in [-0.05, 0) is 56.7 Å². The van der Waals surface area contributed by atoms with Gasteiger partial charge in [0.2, 0.25) is 5.91 Å². The number of piperidine rings is 1. The molecule has 1 saturated heterocycles. The van der Waals surface area contributed by atoms with Gasteiger partial charge in [0.25, 0.3) is 0 Å². The normalized spacial score (nSPS) is 27.4. The SMILES string of the molecule is CO[C@@H]1C[C@@H](C(=O)N(C)CC2CCN(Cc3ccccc3)CC2)CC[C@H]1N.